The van der Waals surface area contributed by atoms with Crippen LogP contribution in [0.4, 0.5) is 5.82 Å². The van der Waals surface area contributed by atoms with E-state index >= 15 is 0 Å². The topological polar surface area (TPSA) is 91.1 Å². The Morgan fingerprint density at radius 2 is 2.29 bits per heavy atom. The number of aromatic nitrogens is 2. The number of ether oxygens (including phenoxy) is 1. The van der Waals surface area contributed by atoms with Gasteiger partial charge in [-0.15, -0.1) is 0 Å². The van der Waals surface area contributed by atoms with Gasteiger partial charge in [0.25, 0.3) is 5.91 Å². The Morgan fingerprint density at radius 1 is 1.42 bits per heavy atom. The number of hydrogen-bond acceptors (Lipinski definition) is 6. The van der Waals surface area contributed by atoms with Crippen LogP contribution in [0.3, 0.4) is 0 Å². The van der Waals surface area contributed by atoms with Crippen molar-refractivity contribution in [3.05, 3.63) is 41.7 Å². The summed E-state index contributed by atoms with van der Waals surface area (Å²) in [6, 6.07) is 8.91. The van der Waals surface area contributed by atoms with Crippen LogP contribution in [0.5, 0.6) is 0 Å². The van der Waals surface area contributed by atoms with E-state index in [1.165, 1.54) is 11.2 Å². The second-order valence-corrected chi connectivity index (χ2v) is 5.63. The summed E-state index contributed by atoms with van der Waals surface area (Å²) < 4.78 is 5.41. The van der Waals surface area contributed by atoms with Crippen molar-refractivity contribution < 1.29 is 9.53 Å². The molecule has 0 radical (unpaired) electrons. The fraction of sp³-hybridized carbons (Fsp3) is 0.250. The summed E-state index contributed by atoms with van der Waals surface area (Å²) in [7, 11) is 0. The molecule has 1 amide bonds. The number of rotatable bonds is 3. The molecular formula is C16H14ClN5O2. The number of nitrogens with one attached hydrogen (secondary N) is 1. The van der Waals surface area contributed by atoms with Gasteiger partial charge in [-0.1, -0.05) is 23.7 Å². The molecule has 2 aromatic rings. The van der Waals surface area contributed by atoms with Gasteiger partial charge in [-0.05, 0) is 12.1 Å². The molecular weight excluding hydrogens is 330 g/mol. The maximum atomic E-state index is 12.3. The Hall–Kier alpha value is -2.69. The third kappa shape index (κ3) is 3.79. The predicted octanol–water partition coefficient (Wildman–Crippen LogP) is 1.92. The molecule has 1 saturated heterocycles. The quantitative estimate of drug-likeness (QED) is 0.856. The minimum Gasteiger partial charge on any atom is -0.365 e. The minimum atomic E-state index is -0.706. The van der Waals surface area contributed by atoms with Crippen molar-refractivity contribution in [3.63, 3.8) is 0 Å². The third-order valence-corrected chi connectivity index (χ3v) is 3.77. The van der Waals surface area contributed by atoms with E-state index in [1.54, 1.807) is 18.2 Å². The van der Waals surface area contributed by atoms with Crippen LogP contribution in [0, 0.1) is 11.5 Å². The summed E-state index contributed by atoms with van der Waals surface area (Å²) >= 11 is 5.99. The van der Waals surface area contributed by atoms with Crippen LogP contribution in [0.25, 0.3) is 11.3 Å². The van der Waals surface area contributed by atoms with Gasteiger partial charge in [-0.2, -0.15) is 5.26 Å². The molecule has 7 nitrogen and oxygen atoms in total. The van der Waals surface area contributed by atoms with Crippen molar-refractivity contribution in [1.82, 2.24) is 14.9 Å². The van der Waals surface area contributed by atoms with E-state index in [4.69, 9.17) is 21.6 Å². The number of carbonyl (C=O) groups excluding carboxylic acids is 1. The maximum absolute atomic E-state index is 12.3. The molecule has 8 heteroatoms. The third-order valence-electron chi connectivity index (χ3n) is 3.54. The van der Waals surface area contributed by atoms with E-state index in [9.17, 15) is 4.79 Å². The number of nitrogens with zero attached hydrogens (tertiary/aromatic N) is 4. The Kier molecular flexibility index (Phi) is 4.89. The van der Waals surface area contributed by atoms with Gasteiger partial charge >= 0.3 is 0 Å². The highest BCUT2D eigenvalue weighted by Crippen LogP contribution is 2.22. The van der Waals surface area contributed by atoms with Gasteiger partial charge in [0.2, 0.25) is 0 Å². The van der Waals surface area contributed by atoms with Crippen LogP contribution in [0.1, 0.15) is 0 Å². The standard InChI is InChI=1S/C16H14ClN5O2/c17-12-3-1-2-11(6-12)13-7-15(20-10-19-13)21-16(23)14-8-22(9-18)4-5-24-14/h1-3,6-7,10,14H,4-5,8H2,(H,19,20,21,23)/t14-/m1/s1. The highest BCUT2D eigenvalue weighted by Gasteiger charge is 2.26. The second-order valence-electron chi connectivity index (χ2n) is 5.19. The summed E-state index contributed by atoms with van der Waals surface area (Å²) in [5.74, 6) is 0.0216. The Balaban J connectivity index is 1.73. The van der Waals surface area contributed by atoms with Crippen LogP contribution < -0.4 is 5.32 Å². The molecule has 3 rings (SSSR count). The highest BCUT2D eigenvalue weighted by atomic mass is 35.5. The zero-order valence-corrected chi connectivity index (χ0v) is 13.4. The number of morpholine rings is 1. The largest absolute Gasteiger partial charge is 0.365 e. The molecule has 1 N–H and O–H groups in total. The van der Waals surface area contributed by atoms with Crippen molar-refractivity contribution in [1.29, 1.82) is 5.26 Å². The molecule has 1 aliphatic heterocycles. The molecule has 24 heavy (non-hydrogen) atoms. The molecule has 0 unspecified atom stereocenters. The summed E-state index contributed by atoms with van der Waals surface area (Å²) in [6.45, 7) is 1.06. The lowest BCUT2D eigenvalue weighted by molar-refractivity contribution is -0.131. The Labute approximate surface area is 143 Å². The van der Waals surface area contributed by atoms with Gasteiger partial charge in [-0.25, -0.2) is 9.97 Å². The second kappa shape index (κ2) is 7.25. The fourth-order valence-corrected chi connectivity index (χ4v) is 2.53. The van der Waals surface area contributed by atoms with Crippen molar-refractivity contribution in [2.45, 2.75) is 6.10 Å². The van der Waals surface area contributed by atoms with Gasteiger partial charge in [0, 0.05) is 16.7 Å². The smallest absolute Gasteiger partial charge is 0.256 e. The molecule has 2 heterocycles. The summed E-state index contributed by atoms with van der Waals surface area (Å²) in [5, 5.41) is 12.2. The molecule has 1 fully saturated rings. The number of amides is 1. The lowest BCUT2D eigenvalue weighted by Gasteiger charge is -2.28. The van der Waals surface area contributed by atoms with E-state index in [0.717, 1.165) is 5.56 Å². The average molecular weight is 344 g/mol. The monoisotopic (exact) mass is 343 g/mol. The number of carbonyl (C=O) groups is 1. The highest BCUT2D eigenvalue weighted by molar-refractivity contribution is 6.30. The van der Waals surface area contributed by atoms with E-state index in [2.05, 4.69) is 15.3 Å². The molecule has 1 aromatic carbocycles. The van der Waals surface area contributed by atoms with Crippen LogP contribution in [0.15, 0.2) is 36.7 Å². The lowest BCUT2D eigenvalue weighted by atomic mass is 10.1. The zero-order valence-electron chi connectivity index (χ0n) is 12.6. The number of halogens is 1. The van der Waals surface area contributed by atoms with Gasteiger partial charge in [0.15, 0.2) is 12.3 Å². The first-order chi connectivity index (χ1) is 11.7. The van der Waals surface area contributed by atoms with Gasteiger partial charge in [-0.3, -0.25) is 4.79 Å². The van der Waals surface area contributed by atoms with Crippen LogP contribution in [0.2, 0.25) is 5.02 Å². The van der Waals surface area contributed by atoms with Crippen LogP contribution in [-0.2, 0) is 9.53 Å². The first-order valence-corrected chi connectivity index (χ1v) is 7.68. The molecule has 0 spiro atoms. The van der Waals surface area contributed by atoms with Gasteiger partial charge < -0.3 is 15.0 Å². The zero-order chi connectivity index (χ0) is 16.9. The van der Waals surface area contributed by atoms with Crippen LogP contribution in [-0.4, -0.2) is 46.6 Å². The number of benzene rings is 1. The molecule has 0 bridgehead atoms. The van der Waals surface area contributed by atoms with Crippen LogP contribution >= 0.6 is 11.6 Å². The summed E-state index contributed by atoms with van der Waals surface area (Å²) in [5.41, 5.74) is 1.47. The van der Waals surface area contributed by atoms with E-state index in [0.29, 0.717) is 29.7 Å². The molecule has 0 aliphatic carbocycles. The normalized spacial score (nSPS) is 17.2. The van der Waals surface area contributed by atoms with E-state index in [1.807, 2.05) is 18.3 Å². The predicted molar refractivity (Wildman–Crippen MR) is 88.0 cm³/mol. The average Bonchev–Trinajstić information content (AvgIpc) is 2.62. The Morgan fingerprint density at radius 3 is 3.08 bits per heavy atom. The maximum Gasteiger partial charge on any atom is 0.256 e. The molecule has 0 saturated carbocycles. The van der Waals surface area contributed by atoms with Crippen molar-refractivity contribution in [3.8, 4) is 17.5 Å². The first-order valence-electron chi connectivity index (χ1n) is 7.31. The molecule has 1 atom stereocenters. The minimum absolute atomic E-state index is 0.231. The summed E-state index contributed by atoms with van der Waals surface area (Å²) in [6.07, 6.45) is 2.69. The van der Waals surface area contributed by atoms with E-state index < -0.39 is 6.10 Å². The van der Waals surface area contributed by atoms with Gasteiger partial charge in [0.1, 0.15) is 12.1 Å². The van der Waals surface area contributed by atoms with E-state index in [-0.39, 0.29) is 12.5 Å². The molecule has 1 aromatic heterocycles. The Bertz CT molecular complexity index is 792. The molecule has 122 valence electrons. The number of nitriles is 1. The fourth-order valence-electron chi connectivity index (χ4n) is 2.34. The van der Waals surface area contributed by atoms with Crippen molar-refractivity contribution in [2.24, 2.45) is 0 Å². The summed E-state index contributed by atoms with van der Waals surface area (Å²) in [4.78, 5) is 22.0. The van der Waals surface area contributed by atoms with Crippen molar-refractivity contribution in [2.75, 3.05) is 25.0 Å². The molecule has 1 aliphatic rings. The lowest BCUT2D eigenvalue weighted by Crippen LogP contribution is -2.46. The van der Waals surface area contributed by atoms with Crippen molar-refractivity contribution >= 4 is 23.3 Å². The first kappa shape index (κ1) is 16.2. The number of anilines is 1. The van der Waals surface area contributed by atoms with Gasteiger partial charge in [0.05, 0.1) is 25.4 Å². The SMILES string of the molecule is N#CN1CCO[C@@H](C(=O)Nc2cc(-c3cccc(Cl)c3)ncn2)C1. The number of hydrogen-bond donors (Lipinski definition) is 1.